The van der Waals surface area contributed by atoms with Crippen LogP contribution in [0, 0.1) is 0 Å². The molecule has 0 aliphatic carbocycles. The van der Waals surface area contributed by atoms with E-state index in [1.807, 2.05) is 0 Å². The highest BCUT2D eigenvalue weighted by Gasteiger charge is 2.34. The molecule has 1 aromatic rings. The molecule has 6 heteroatoms. The van der Waals surface area contributed by atoms with Gasteiger partial charge in [-0.3, -0.25) is 0 Å². The lowest BCUT2D eigenvalue weighted by molar-refractivity contribution is -0.139. The van der Waals surface area contributed by atoms with Crippen molar-refractivity contribution < 1.29 is 28.1 Å². The minimum Gasteiger partial charge on any atom is -0.490 e. The van der Waals surface area contributed by atoms with E-state index in [1.54, 1.807) is 0 Å². The molecule has 0 fully saturated rings. The number of rotatable bonds is 4. The van der Waals surface area contributed by atoms with Crippen molar-refractivity contribution in [2.75, 3.05) is 13.2 Å². The van der Waals surface area contributed by atoms with Crippen LogP contribution in [-0.4, -0.2) is 29.5 Å². The Morgan fingerprint density at radius 3 is 2.44 bits per heavy atom. The molecule has 0 saturated heterocycles. The van der Waals surface area contributed by atoms with Crippen LogP contribution in [0.1, 0.15) is 5.56 Å². The number of aliphatic hydroxyl groups is 2. The SMILES string of the molecule is OC[C@@H](O)COc1ccccc1C(F)(F)F. The van der Waals surface area contributed by atoms with Gasteiger partial charge >= 0.3 is 6.18 Å². The largest absolute Gasteiger partial charge is 0.490 e. The Bertz CT molecular complexity index is 338. The molecule has 90 valence electrons. The lowest BCUT2D eigenvalue weighted by atomic mass is 10.2. The van der Waals surface area contributed by atoms with Crippen LogP contribution in [0.2, 0.25) is 0 Å². The fraction of sp³-hybridized carbons (Fsp3) is 0.400. The Hall–Kier alpha value is -1.27. The van der Waals surface area contributed by atoms with Gasteiger partial charge in [-0.25, -0.2) is 0 Å². The Morgan fingerprint density at radius 2 is 1.88 bits per heavy atom. The molecule has 0 aliphatic heterocycles. The van der Waals surface area contributed by atoms with Crippen LogP contribution in [0.4, 0.5) is 13.2 Å². The average molecular weight is 236 g/mol. The van der Waals surface area contributed by atoms with Crippen LogP contribution in [0.25, 0.3) is 0 Å². The third-order valence-electron chi connectivity index (χ3n) is 1.83. The van der Waals surface area contributed by atoms with E-state index in [2.05, 4.69) is 0 Å². The molecule has 16 heavy (non-hydrogen) atoms. The van der Waals surface area contributed by atoms with Gasteiger partial charge in [0.2, 0.25) is 0 Å². The van der Waals surface area contributed by atoms with E-state index in [-0.39, 0.29) is 12.4 Å². The molecule has 1 atom stereocenters. The maximum atomic E-state index is 12.5. The van der Waals surface area contributed by atoms with E-state index in [1.165, 1.54) is 12.1 Å². The molecule has 3 nitrogen and oxygen atoms in total. The van der Waals surface area contributed by atoms with Crippen LogP contribution < -0.4 is 4.74 Å². The third kappa shape index (κ3) is 3.39. The average Bonchev–Trinajstić information content (AvgIpc) is 2.25. The van der Waals surface area contributed by atoms with E-state index in [9.17, 15) is 13.2 Å². The van der Waals surface area contributed by atoms with Gasteiger partial charge in [-0.1, -0.05) is 12.1 Å². The molecule has 0 saturated carbocycles. The molecule has 0 spiro atoms. The molecule has 0 bridgehead atoms. The maximum Gasteiger partial charge on any atom is 0.419 e. The number of benzene rings is 1. The molecule has 0 radical (unpaired) electrons. The van der Waals surface area contributed by atoms with Crippen LogP contribution in [0.5, 0.6) is 5.75 Å². The van der Waals surface area contributed by atoms with Crippen molar-refractivity contribution in [1.29, 1.82) is 0 Å². The number of para-hydroxylation sites is 1. The fourth-order valence-electron chi connectivity index (χ4n) is 1.07. The van der Waals surface area contributed by atoms with Crippen molar-refractivity contribution >= 4 is 0 Å². The first-order valence-electron chi connectivity index (χ1n) is 4.53. The normalized spacial score (nSPS) is 13.6. The molecular formula is C10H11F3O3. The summed E-state index contributed by atoms with van der Waals surface area (Å²) in [4.78, 5) is 0. The molecule has 1 rings (SSSR count). The van der Waals surface area contributed by atoms with Gasteiger partial charge in [0.15, 0.2) is 0 Å². The van der Waals surface area contributed by atoms with Crippen LogP contribution in [0.3, 0.4) is 0 Å². The predicted molar refractivity (Wildman–Crippen MR) is 50.0 cm³/mol. The Balaban J connectivity index is 2.80. The molecule has 2 N–H and O–H groups in total. The highest BCUT2D eigenvalue weighted by molar-refractivity contribution is 5.35. The highest BCUT2D eigenvalue weighted by Crippen LogP contribution is 2.35. The summed E-state index contributed by atoms with van der Waals surface area (Å²) in [5, 5.41) is 17.4. The first-order chi connectivity index (χ1) is 7.45. The van der Waals surface area contributed by atoms with Gasteiger partial charge in [-0.15, -0.1) is 0 Å². The van der Waals surface area contributed by atoms with Crippen LogP contribution >= 0.6 is 0 Å². The summed E-state index contributed by atoms with van der Waals surface area (Å²) in [6.45, 7) is -0.947. The Kier molecular flexibility index (Phi) is 4.14. The summed E-state index contributed by atoms with van der Waals surface area (Å²) in [7, 11) is 0. The van der Waals surface area contributed by atoms with Gasteiger partial charge in [-0.2, -0.15) is 13.2 Å². The number of hydrogen-bond donors (Lipinski definition) is 2. The van der Waals surface area contributed by atoms with Crippen molar-refractivity contribution in [3.8, 4) is 5.75 Å². The first kappa shape index (κ1) is 12.8. The lowest BCUT2D eigenvalue weighted by Crippen LogP contribution is -2.22. The van der Waals surface area contributed by atoms with Crippen LogP contribution in [-0.2, 0) is 6.18 Å². The first-order valence-corrected chi connectivity index (χ1v) is 4.53. The third-order valence-corrected chi connectivity index (χ3v) is 1.83. The topological polar surface area (TPSA) is 49.7 Å². The summed E-state index contributed by atoms with van der Waals surface area (Å²) in [5.74, 6) is -0.359. The van der Waals surface area contributed by atoms with Gasteiger partial charge in [0, 0.05) is 0 Å². The second-order valence-electron chi connectivity index (χ2n) is 3.14. The van der Waals surface area contributed by atoms with Gasteiger partial charge < -0.3 is 14.9 Å². The van der Waals surface area contributed by atoms with Crippen molar-refractivity contribution in [3.05, 3.63) is 29.8 Å². The summed E-state index contributed by atoms with van der Waals surface area (Å²) in [6.07, 6.45) is -5.69. The molecule has 0 unspecified atom stereocenters. The molecule has 0 aromatic heterocycles. The maximum absolute atomic E-state index is 12.5. The zero-order chi connectivity index (χ0) is 12.2. The predicted octanol–water partition coefficient (Wildman–Crippen LogP) is 1.44. The van der Waals surface area contributed by atoms with Gasteiger partial charge in [-0.05, 0) is 12.1 Å². The molecule has 1 aromatic carbocycles. The number of alkyl halides is 3. The highest BCUT2D eigenvalue weighted by atomic mass is 19.4. The zero-order valence-corrected chi connectivity index (χ0v) is 8.24. The van der Waals surface area contributed by atoms with E-state index >= 15 is 0 Å². The molecule has 0 amide bonds. The van der Waals surface area contributed by atoms with Crippen molar-refractivity contribution in [1.82, 2.24) is 0 Å². The zero-order valence-electron chi connectivity index (χ0n) is 8.24. The van der Waals surface area contributed by atoms with Crippen molar-refractivity contribution in [2.45, 2.75) is 12.3 Å². The van der Waals surface area contributed by atoms with Gasteiger partial charge in [0.05, 0.1) is 12.2 Å². The van der Waals surface area contributed by atoms with Crippen LogP contribution in [0.15, 0.2) is 24.3 Å². The minimum absolute atomic E-state index is 0.359. The van der Waals surface area contributed by atoms with Crippen molar-refractivity contribution in [3.63, 3.8) is 0 Å². The van der Waals surface area contributed by atoms with E-state index < -0.39 is 24.5 Å². The summed E-state index contributed by atoms with van der Waals surface area (Å²) in [5.41, 5.74) is -0.903. The van der Waals surface area contributed by atoms with Gasteiger partial charge in [0.1, 0.15) is 18.5 Å². The number of hydrogen-bond acceptors (Lipinski definition) is 3. The quantitative estimate of drug-likeness (QED) is 0.831. The molecular weight excluding hydrogens is 225 g/mol. The Morgan fingerprint density at radius 1 is 1.25 bits per heavy atom. The minimum atomic E-state index is -4.50. The monoisotopic (exact) mass is 236 g/mol. The van der Waals surface area contributed by atoms with E-state index in [4.69, 9.17) is 14.9 Å². The van der Waals surface area contributed by atoms with Gasteiger partial charge in [0.25, 0.3) is 0 Å². The number of halogens is 3. The Labute approximate surface area is 90.1 Å². The summed E-state index contributed by atoms with van der Waals surface area (Å²) < 4.78 is 42.2. The number of ether oxygens (including phenoxy) is 1. The standard InChI is InChI=1S/C10H11F3O3/c11-10(12,13)8-3-1-2-4-9(8)16-6-7(15)5-14/h1-4,7,14-15H,5-6H2/t7-/m1/s1. The summed E-state index contributed by atoms with van der Waals surface area (Å²) >= 11 is 0. The molecule has 0 aliphatic rings. The number of aliphatic hydroxyl groups excluding tert-OH is 2. The van der Waals surface area contributed by atoms with E-state index in [0.717, 1.165) is 12.1 Å². The van der Waals surface area contributed by atoms with Crippen molar-refractivity contribution in [2.24, 2.45) is 0 Å². The summed E-state index contributed by atoms with van der Waals surface area (Å²) in [6, 6.07) is 4.70. The smallest absolute Gasteiger partial charge is 0.419 e. The second kappa shape index (κ2) is 5.18. The van der Waals surface area contributed by atoms with E-state index in [0.29, 0.717) is 0 Å². The lowest BCUT2D eigenvalue weighted by Gasteiger charge is -2.15. The molecule has 0 heterocycles. The fourth-order valence-corrected chi connectivity index (χ4v) is 1.07. The second-order valence-corrected chi connectivity index (χ2v) is 3.14.